The zero-order chi connectivity index (χ0) is 21.2. The van der Waals surface area contributed by atoms with Crippen molar-refractivity contribution in [2.75, 3.05) is 19.8 Å². The molecular formula is C24H46O5. The van der Waals surface area contributed by atoms with E-state index in [9.17, 15) is 15.3 Å². The summed E-state index contributed by atoms with van der Waals surface area (Å²) in [5, 5.41) is 28.8. The molecule has 1 saturated heterocycles. The van der Waals surface area contributed by atoms with Gasteiger partial charge in [-0.25, -0.2) is 0 Å². The summed E-state index contributed by atoms with van der Waals surface area (Å²) in [5.41, 5.74) is 0. The molecular weight excluding hydrogens is 368 g/mol. The Kier molecular flexibility index (Phi) is 16.8. The van der Waals surface area contributed by atoms with Crippen LogP contribution in [-0.4, -0.2) is 59.6 Å². The Morgan fingerprint density at radius 1 is 0.828 bits per heavy atom. The first-order valence-corrected chi connectivity index (χ1v) is 12.0. The second-order valence-electron chi connectivity index (χ2n) is 8.47. The van der Waals surface area contributed by atoms with Crippen LogP contribution in [0.4, 0.5) is 0 Å². The molecule has 29 heavy (non-hydrogen) atoms. The van der Waals surface area contributed by atoms with Gasteiger partial charge in [0.15, 0.2) is 0 Å². The first-order chi connectivity index (χ1) is 14.2. The number of aliphatic hydroxyl groups excluding tert-OH is 3. The lowest BCUT2D eigenvalue weighted by Crippen LogP contribution is -2.42. The van der Waals surface area contributed by atoms with Gasteiger partial charge in [0.25, 0.3) is 0 Å². The van der Waals surface area contributed by atoms with E-state index in [4.69, 9.17) is 9.47 Å². The van der Waals surface area contributed by atoms with Crippen molar-refractivity contribution in [1.29, 1.82) is 0 Å². The van der Waals surface area contributed by atoms with Crippen LogP contribution in [-0.2, 0) is 9.47 Å². The van der Waals surface area contributed by atoms with Gasteiger partial charge >= 0.3 is 0 Å². The first-order valence-electron chi connectivity index (χ1n) is 12.0. The smallest absolute Gasteiger partial charge is 0.114 e. The Bertz CT molecular complexity index is 376. The van der Waals surface area contributed by atoms with E-state index in [0.717, 1.165) is 12.8 Å². The summed E-state index contributed by atoms with van der Waals surface area (Å²) in [6, 6.07) is 0. The van der Waals surface area contributed by atoms with Crippen molar-refractivity contribution in [3.05, 3.63) is 12.7 Å². The lowest BCUT2D eigenvalue weighted by molar-refractivity contribution is -0.101. The molecule has 1 rings (SSSR count). The number of rotatable bonds is 20. The summed E-state index contributed by atoms with van der Waals surface area (Å²) < 4.78 is 11.0. The summed E-state index contributed by atoms with van der Waals surface area (Å²) >= 11 is 0. The minimum Gasteiger partial charge on any atom is -0.394 e. The van der Waals surface area contributed by atoms with Crippen LogP contribution >= 0.6 is 0 Å². The zero-order valence-corrected chi connectivity index (χ0v) is 18.5. The number of unbranched alkanes of at least 4 members (excludes halogenated alkanes) is 14. The fourth-order valence-corrected chi connectivity index (χ4v) is 3.95. The zero-order valence-electron chi connectivity index (χ0n) is 18.5. The van der Waals surface area contributed by atoms with Crippen molar-refractivity contribution < 1.29 is 24.8 Å². The Morgan fingerprint density at radius 3 is 1.72 bits per heavy atom. The largest absolute Gasteiger partial charge is 0.394 e. The van der Waals surface area contributed by atoms with E-state index >= 15 is 0 Å². The van der Waals surface area contributed by atoms with Crippen LogP contribution < -0.4 is 0 Å². The van der Waals surface area contributed by atoms with E-state index in [1.165, 1.54) is 83.5 Å². The molecule has 3 N–H and O–H groups in total. The third-order valence-electron chi connectivity index (χ3n) is 5.87. The molecule has 0 radical (unpaired) electrons. The van der Waals surface area contributed by atoms with Gasteiger partial charge in [0, 0.05) is 6.61 Å². The Balaban J connectivity index is 1.81. The number of allylic oxidation sites excluding steroid dienone is 1. The molecule has 0 aromatic carbocycles. The highest BCUT2D eigenvalue weighted by atomic mass is 16.6. The molecule has 5 heteroatoms. The number of hydrogen-bond acceptors (Lipinski definition) is 5. The maximum absolute atomic E-state index is 9.83. The molecule has 0 amide bonds. The molecule has 1 fully saturated rings. The van der Waals surface area contributed by atoms with Crippen molar-refractivity contribution >= 4 is 0 Å². The van der Waals surface area contributed by atoms with Crippen LogP contribution in [0.2, 0.25) is 0 Å². The molecule has 1 aliphatic heterocycles. The van der Waals surface area contributed by atoms with Crippen molar-refractivity contribution in [3.8, 4) is 0 Å². The molecule has 0 aromatic rings. The van der Waals surface area contributed by atoms with Crippen molar-refractivity contribution in [2.24, 2.45) is 0 Å². The van der Waals surface area contributed by atoms with Crippen LogP contribution in [0.5, 0.6) is 0 Å². The predicted molar refractivity (Wildman–Crippen MR) is 118 cm³/mol. The van der Waals surface area contributed by atoms with Gasteiger partial charge in [0.2, 0.25) is 0 Å². The average molecular weight is 415 g/mol. The van der Waals surface area contributed by atoms with Gasteiger partial charge < -0.3 is 24.8 Å². The van der Waals surface area contributed by atoms with Gasteiger partial charge in [0.05, 0.1) is 13.2 Å². The maximum atomic E-state index is 9.83. The molecule has 0 saturated carbocycles. The SMILES string of the molecule is C=CCCCCCCCCCCCCCCCCO[C@H](CO)[C@@H]1OC[C@H](O)[C@@H]1O. The van der Waals surface area contributed by atoms with E-state index in [1.54, 1.807) is 0 Å². The summed E-state index contributed by atoms with van der Waals surface area (Å²) in [5.74, 6) is 0. The standard InChI is InChI=1S/C24H46O5/c1-2-3-4-5-6-7-8-9-10-11-12-13-14-15-16-17-18-28-22(19-25)24-23(27)21(26)20-29-24/h2,21-27H,1,3-20H2/t21-,22+,23-,24-/m0/s1. The van der Waals surface area contributed by atoms with E-state index in [-0.39, 0.29) is 13.2 Å². The molecule has 4 atom stereocenters. The van der Waals surface area contributed by atoms with Crippen LogP contribution in [0.15, 0.2) is 12.7 Å². The highest BCUT2D eigenvalue weighted by Crippen LogP contribution is 2.20. The summed E-state index contributed by atoms with van der Waals surface area (Å²) in [6.45, 7) is 4.21. The van der Waals surface area contributed by atoms with Crippen molar-refractivity contribution in [1.82, 2.24) is 0 Å². The molecule has 1 aliphatic rings. The van der Waals surface area contributed by atoms with Gasteiger partial charge in [-0.15, -0.1) is 6.58 Å². The predicted octanol–water partition coefficient (Wildman–Crippen LogP) is 4.52. The Hall–Kier alpha value is -0.460. The number of hydrogen-bond donors (Lipinski definition) is 3. The summed E-state index contributed by atoms with van der Waals surface area (Å²) in [7, 11) is 0. The first kappa shape index (κ1) is 26.6. The fraction of sp³-hybridized carbons (Fsp3) is 0.917. The fourth-order valence-electron chi connectivity index (χ4n) is 3.95. The van der Waals surface area contributed by atoms with Crippen LogP contribution in [0.25, 0.3) is 0 Å². The molecule has 5 nitrogen and oxygen atoms in total. The lowest BCUT2D eigenvalue weighted by atomic mass is 10.0. The van der Waals surface area contributed by atoms with Crippen molar-refractivity contribution in [2.45, 2.75) is 121 Å². The van der Waals surface area contributed by atoms with E-state index < -0.39 is 24.4 Å². The highest BCUT2D eigenvalue weighted by molar-refractivity contribution is 4.88. The minimum absolute atomic E-state index is 0.0990. The Labute approximate surface area is 178 Å². The number of aliphatic hydroxyl groups is 3. The van der Waals surface area contributed by atoms with E-state index in [2.05, 4.69) is 6.58 Å². The molecule has 0 aliphatic carbocycles. The third kappa shape index (κ3) is 12.7. The van der Waals surface area contributed by atoms with E-state index in [1.807, 2.05) is 6.08 Å². The molecule has 0 aromatic heterocycles. The molecule has 0 spiro atoms. The quantitative estimate of drug-likeness (QED) is 0.202. The lowest BCUT2D eigenvalue weighted by Gasteiger charge is -2.24. The van der Waals surface area contributed by atoms with Crippen molar-refractivity contribution in [3.63, 3.8) is 0 Å². The third-order valence-corrected chi connectivity index (χ3v) is 5.87. The second-order valence-corrected chi connectivity index (χ2v) is 8.47. The maximum Gasteiger partial charge on any atom is 0.114 e. The highest BCUT2D eigenvalue weighted by Gasteiger charge is 2.40. The van der Waals surface area contributed by atoms with Gasteiger partial charge in [0.1, 0.15) is 24.4 Å². The van der Waals surface area contributed by atoms with Gasteiger partial charge in [-0.2, -0.15) is 0 Å². The van der Waals surface area contributed by atoms with Crippen LogP contribution in [0, 0.1) is 0 Å². The number of ether oxygens (including phenoxy) is 2. The molecule has 0 bridgehead atoms. The normalized spacial score (nSPS) is 22.8. The van der Waals surface area contributed by atoms with E-state index in [0.29, 0.717) is 6.61 Å². The summed E-state index contributed by atoms with van der Waals surface area (Å²) in [4.78, 5) is 0. The average Bonchev–Trinajstić information content (AvgIpc) is 3.06. The molecule has 1 heterocycles. The molecule has 0 unspecified atom stereocenters. The van der Waals surface area contributed by atoms with Gasteiger partial charge in [-0.1, -0.05) is 83.1 Å². The minimum atomic E-state index is -0.977. The molecule has 172 valence electrons. The Morgan fingerprint density at radius 2 is 1.31 bits per heavy atom. The second kappa shape index (κ2) is 18.3. The van der Waals surface area contributed by atoms with Gasteiger partial charge in [-0.3, -0.25) is 0 Å². The monoisotopic (exact) mass is 414 g/mol. The summed E-state index contributed by atoms with van der Waals surface area (Å²) in [6.07, 6.45) is 18.4. The van der Waals surface area contributed by atoms with Crippen LogP contribution in [0.1, 0.15) is 96.3 Å². The van der Waals surface area contributed by atoms with Crippen LogP contribution in [0.3, 0.4) is 0 Å². The topological polar surface area (TPSA) is 79.2 Å². The van der Waals surface area contributed by atoms with Gasteiger partial charge in [-0.05, 0) is 19.3 Å².